The summed E-state index contributed by atoms with van der Waals surface area (Å²) in [5.74, 6) is -0.930. The van der Waals surface area contributed by atoms with Crippen molar-refractivity contribution in [3.05, 3.63) is 66.2 Å². The van der Waals surface area contributed by atoms with Crippen molar-refractivity contribution in [2.75, 3.05) is 0 Å². The fourth-order valence-electron chi connectivity index (χ4n) is 2.19. The largest absolute Gasteiger partial charge is 0.412 e. The van der Waals surface area contributed by atoms with E-state index in [9.17, 15) is 18.0 Å². The molecule has 3 heterocycles. The van der Waals surface area contributed by atoms with Gasteiger partial charge in [0.25, 0.3) is 5.91 Å². The Morgan fingerprint density at radius 2 is 1.96 bits per heavy atom. The normalized spacial score (nSPS) is 12.6. The summed E-state index contributed by atoms with van der Waals surface area (Å²) in [5.41, 5.74) is 0.597. The van der Waals surface area contributed by atoms with Crippen LogP contribution in [0.5, 0.6) is 0 Å². The highest BCUT2D eigenvalue weighted by Crippen LogP contribution is 2.32. The minimum atomic E-state index is -4.66. The summed E-state index contributed by atoms with van der Waals surface area (Å²) >= 11 is 0. The predicted octanol–water partition coefficient (Wildman–Crippen LogP) is 2.90. The number of carbonyl (C=O) groups is 1. The lowest BCUT2D eigenvalue weighted by molar-refractivity contribution is -0.155. The van der Waals surface area contributed by atoms with Crippen molar-refractivity contribution in [1.29, 1.82) is 0 Å². The molecule has 128 valence electrons. The lowest BCUT2D eigenvalue weighted by atomic mass is 10.1. The first-order valence-corrected chi connectivity index (χ1v) is 7.19. The third-order valence-corrected chi connectivity index (χ3v) is 3.37. The first-order chi connectivity index (χ1) is 11.9. The van der Waals surface area contributed by atoms with E-state index in [2.05, 4.69) is 20.2 Å². The highest BCUT2D eigenvalue weighted by atomic mass is 19.4. The average Bonchev–Trinajstić information content (AvgIpc) is 3.10. The number of amides is 1. The van der Waals surface area contributed by atoms with Gasteiger partial charge < -0.3 is 5.32 Å². The van der Waals surface area contributed by atoms with Crippen LogP contribution >= 0.6 is 0 Å². The van der Waals surface area contributed by atoms with Crippen molar-refractivity contribution in [2.24, 2.45) is 0 Å². The smallest absolute Gasteiger partial charge is 0.335 e. The van der Waals surface area contributed by atoms with Gasteiger partial charge in [-0.2, -0.15) is 18.3 Å². The molecule has 0 aliphatic heterocycles. The predicted molar refractivity (Wildman–Crippen MR) is 82.3 cm³/mol. The molecule has 25 heavy (non-hydrogen) atoms. The van der Waals surface area contributed by atoms with Gasteiger partial charge in [0.05, 0.1) is 5.69 Å². The average molecular weight is 347 g/mol. The molecule has 3 aromatic rings. The Morgan fingerprint density at radius 1 is 1.12 bits per heavy atom. The van der Waals surface area contributed by atoms with Gasteiger partial charge >= 0.3 is 6.18 Å². The van der Waals surface area contributed by atoms with Gasteiger partial charge in [-0.05, 0) is 24.3 Å². The number of hydrogen-bond donors (Lipinski definition) is 2. The number of rotatable bonds is 4. The SMILES string of the molecule is O=C(N[C@@H](c1cccnc1)C(F)(F)F)c1cc(-c2ccccn2)n[nH]1. The van der Waals surface area contributed by atoms with E-state index in [1.165, 1.54) is 24.4 Å². The monoisotopic (exact) mass is 347 g/mol. The fourth-order valence-corrected chi connectivity index (χ4v) is 2.19. The van der Waals surface area contributed by atoms with Gasteiger partial charge in [0, 0.05) is 24.2 Å². The summed E-state index contributed by atoms with van der Waals surface area (Å²) in [5, 5.41) is 8.29. The molecule has 1 amide bonds. The van der Waals surface area contributed by atoms with Crippen molar-refractivity contribution in [3.8, 4) is 11.4 Å². The highest BCUT2D eigenvalue weighted by Gasteiger charge is 2.42. The molecule has 6 nitrogen and oxygen atoms in total. The molecule has 0 fully saturated rings. The number of aromatic nitrogens is 4. The number of carbonyl (C=O) groups excluding carboxylic acids is 1. The minimum Gasteiger partial charge on any atom is -0.335 e. The Kier molecular flexibility index (Phi) is 4.46. The molecule has 0 saturated heterocycles. The molecule has 0 bridgehead atoms. The topological polar surface area (TPSA) is 83.6 Å². The van der Waals surface area contributed by atoms with Gasteiger partial charge in [0.2, 0.25) is 0 Å². The summed E-state index contributed by atoms with van der Waals surface area (Å²) in [4.78, 5) is 19.9. The van der Waals surface area contributed by atoms with E-state index in [0.29, 0.717) is 11.4 Å². The van der Waals surface area contributed by atoms with Gasteiger partial charge in [-0.25, -0.2) is 0 Å². The number of halogens is 3. The molecule has 9 heteroatoms. The molecule has 0 spiro atoms. The maximum absolute atomic E-state index is 13.3. The lowest BCUT2D eigenvalue weighted by Crippen LogP contribution is -2.38. The summed E-state index contributed by atoms with van der Waals surface area (Å²) in [6, 6.07) is 6.91. The Morgan fingerprint density at radius 3 is 2.60 bits per heavy atom. The van der Waals surface area contributed by atoms with E-state index in [4.69, 9.17) is 0 Å². The second-order valence-electron chi connectivity index (χ2n) is 5.12. The Hall–Kier alpha value is -3.23. The number of nitrogens with zero attached hydrogens (tertiary/aromatic N) is 3. The Bertz CT molecular complexity index is 849. The summed E-state index contributed by atoms with van der Waals surface area (Å²) in [6.45, 7) is 0. The quantitative estimate of drug-likeness (QED) is 0.760. The number of H-pyrrole nitrogens is 1. The van der Waals surface area contributed by atoms with Crippen LogP contribution in [0.2, 0.25) is 0 Å². The van der Waals surface area contributed by atoms with Gasteiger partial charge in [-0.15, -0.1) is 0 Å². The summed E-state index contributed by atoms with van der Waals surface area (Å²) in [7, 11) is 0. The number of aromatic amines is 1. The van der Waals surface area contributed by atoms with E-state index in [1.54, 1.807) is 24.4 Å². The molecule has 3 aromatic heterocycles. The number of nitrogens with one attached hydrogen (secondary N) is 2. The van der Waals surface area contributed by atoms with E-state index >= 15 is 0 Å². The number of alkyl halides is 3. The second-order valence-corrected chi connectivity index (χ2v) is 5.12. The van der Waals surface area contributed by atoms with Crippen molar-refractivity contribution < 1.29 is 18.0 Å². The van der Waals surface area contributed by atoms with Crippen molar-refractivity contribution in [1.82, 2.24) is 25.5 Å². The van der Waals surface area contributed by atoms with Crippen molar-refractivity contribution >= 4 is 5.91 Å². The summed E-state index contributed by atoms with van der Waals surface area (Å²) < 4.78 is 39.8. The van der Waals surface area contributed by atoms with Gasteiger partial charge in [-0.1, -0.05) is 12.1 Å². The van der Waals surface area contributed by atoms with E-state index < -0.39 is 18.1 Å². The van der Waals surface area contributed by atoms with Crippen LogP contribution in [0.15, 0.2) is 55.0 Å². The van der Waals surface area contributed by atoms with Gasteiger partial charge in [0.1, 0.15) is 11.4 Å². The maximum atomic E-state index is 13.3. The second kappa shape index (κ2) is 6.71. The molecular formula is C16H12F3N5O. The van der Waals surface area contributed by atoms with Gasteiger partial charge in [-0.3, -0.25) is 19.9 Å². The van der Waals surface area contributed by atoms with E-state index in [0.717, 1.165) is 6.20 Å². The van der Waals surface area contributed by atoms with Crippen LogP contribution < -0.4 is 5.32 Å². The molecule has 0 saturated carbocycles. The van der Waals surface area contributed by atoms with Crippen LogP contribution in [0.3, 0.4) is 0 Å². The number of hydrogen-bond acceptors (Lipinski definition) is 4. The molecule has 0 aromatic carbocycles. The first-order valence-electron chi connectivity index (χ1n) is 7.19. The molecule has 0 radical (unpaired) electrons. The van der Waals surface area contributed by atoms with Crippen LogP contribution in [0.1, 0.15) is 22.1 Å². The van der Waals surface area contributed by atoms with E-state index in [-0.39, 0.29) is 11.3 Å². The standard InChI is InChI=1S/C16H12F3N5O/c17-16(18,19)14(10-4-3-6-20-9-10)22-15(25)13-8-12(23-24-13)11-5-1-2-7-21-11/h1-9,14H,(H,22,25)(H,23,24)/t14-/m0/s1. The zero-order valence-electron chi connectivity index (χ0n) is 12.7. The highest BCUT2D eigenvalue weighted by molar-refractivity contribution is 5.93. The zero-order valence-corrected chi connectivity index (χ0v) is 12.7. The third kappa shape index (κ3) is 3.82. The zero-order chi connectivity index (χ0) is 17.9. The van der Waals surface area contributed by atoms with Crippen molar-refractivity contribution in [3.63, 3.8) is 0 Å². The molecular weight excluding hydrogens is 335 g/mol. The summed E-state index contributed by atoms with van der Waals surface area (Å²) in [6.07, 6.45) is -0.703. The van der Waals surface area contributed by atoms with Crippen LogP contribution in [0.4, 0.5) is 13.2 Å². The van der Waals surface area contributed by atoms with Crippen LogP contribution in [0, 0.1) is 0 Å². The number of pyridine rings is 2. The van der Waals surface area contributed by atoms with Crippen LogP contribution in [-0.4, -0.2) is 32.2 Å². The van der Waals surface area contributed by atoms with Crippen LogP contribution in [-0.2, 0) is 0 Å². The maximum Gasteiger partial charge on any atom is 0.412 e. The third-order valence-electron chi connectivity index (χ3n) is 3.37. The fraction of sp³-hybridized carbons (Fsp3) is 0.125. The van der Waals surface area contributed by atoms with Gasteiger partial charge in [0.15, 0.2) is 6.04 Å². The molecule has 1 atom stereocenters. The minimum absolute atomic E-state index is 0.0983. The molecule has 0 unspecified atom stereocenters. The Balaban J connectivity index is 1.82. The van der Waals surface area contributed by atoms with Crippen molar-refractivity contribution in [2.45, 2.75) is 12.2 Å². The molecule has 3 rings (SSSR count). The lowest BCUT2D eigenvalue weighted by Gasteiger charge is -2.21. The molecule has 0 aliphatic rings. The molecule has 0 aliphatic carbocycles. The van der Waals surface area contributed by atoms with Crippen LogP contribution in [0.25, 0.3) is 11.4 Å². The van der Waals surface area contributed by atoms with E-state index in [1.807, 2.05) is 5.32 Å². The molecule has 2 N–H and O–H groups in total. The Labute approximate surface area is 140 Å². The first kappa shape index (κ1) is 16.6.